The Balaban J connectivity index is 1.72. The number of hydrogen-bond acceptors (Lipinski definition) is 1. The van der Waals surface area contributed by atoms with E-state index in [0.717, 1.165) is 13.1 Å². The summed E-state index contributed by atoms with van der Waals surface area (Å²) in [4.78, 5) is 0. The molecular weight excluding hydrogens is 258 g/mol. The first kappa shape index (κ1) is 13.6. The van der Waals surface area contributed by atoms with E-state index in [1.807, 2.05) is 11.0 Å². The molecule has 0 aliphatic rings. The van der Waals surface area contributed by atoms with Crippen LogP contribution in [0.2, 0.25) is 0 Å². The van der Waals surface area contributed by atoms with Gasteiger partial charge in [0.2, 0.25) is 6.33 Å². The van der Waals surface area contributed by atoms with Gasteiger partial charge in [0, 0.05) is 5.10 Å². The number of nitrogens with zero attached hydrogens (tertiary/aromatic N) is 3. The van der Waals surface area contributed by atoms with E-state index in [1.54, 1.807) is 0 Å². The van der Waals surface area contributed by atoms with Crippen molar-refractivity contribution < 1.29 is 4.57 Å². The molecule has 0 saturated carbocycles. The molecule has 0 N–H and O–H groups in total. The lowest BCUT2D eigenvalue weighted by atomic mass is 10.1. The summed E-state index contributed by atoms with van der Waals surface area (Å²) < 4.78 is 4.10. The highest BCUT2D eigenvalue weighted by Crippen LogP contribution is 2.08. The average molecular weight is 278 g/mol. The third kappa shape index (κ3) is 3.37. The predicted octanol–water partition coefficient (Wildman–Crippen LogP) is 2.88. The Bertz CT molecular complexity index is 726. The molecule has 3 rings (SSSR count). The first-order chi connectivity index (χ1) is 10.2. The molecule has 3 aromatic rings. The third-order valence-corrected chi connectivity index (χ3v) is 3.71. The van der Waals surface area contributed by atoms with Gasteiger partial charge in [0.15, 0.2) is 0 Å². The molecule has 0 bridgehead atoms. The summed E-state index contributed by atoms with van der Waals surface area (Å²) in [5.74, 6) is 0. The van der Waals surface area contributed by atoms with Crippen LogP contribution in [0, 0.1) is 13.8 Å². The fourth-order valence-electron chi connectivity index (χ4n) is 2.39. The van der Waals surface area contributed by atoms with Crippen molar-refractivity contribution >= 4 is 0 Å². The van der Waals surface area contributed by atoms with Crippen LogP contribution in [0.4, 0.5) is 0 Å². The van der Waals surface area contributed by atoms with E-state index in [2.05, 4.69) is 78.4 Å². The van der Waals surface area contributed by atoms with Crippen LogP contribution in [-0.2, 0) is 13.1 Å². The van der Waals surface area contributed by atoms with Gasteiger partial charge in [0.25, 0.3) is 6.33 Å². The molecule has 0 aliphatic heterocycles. The van der Waals surface area contributed by atoms with E-state index in [9.17, 15) is 0 Å². The lowest BCUT2D eigenvalue weighted by Gasteiger charge is -2.01. The largest absolute Gasteiger partial charge is 0.265 e. The van der Waals surface area contributed by atoms with E-state index in [4.69, 9.17) is 0 Å². The zero-order valence-corrected chi connectivity index (χ0v) is 12.5. The molecule has 0 radical (unpaired) electrons. The van der Waals surface area contributed by atoms with E-state index in [0.29, 0.717) is 0 Å². The lowest BCUT2D eigenvalue weighted by molar-refractivity contribution is -0.689. The standard InChI is InChI=1S/C18H20N3/c1-15-7-9-17(10-8-15)11-20-13-19-21(14-20)12-18-6-4-3-5-16(18)2/h3-10,13-14H,11-12H2,1-2H3/q+1. The second-order valence-electron chi connectivity index (χ2n) is 5.53. The van der Waals surface area contributed by atoms with Crippen LogP contribution in [0.3, 0.4) is 0 Å². The monoisotopic (exact) mass is 278 g/mol. The zero-order valence-electron chi connectivity index (χ0n) is 12.5. The van der Waals surface area contributed by atoms with Gasteiger partial charge in [0.05, 0.1) is 6.54 Å². The predicted molar refractivity (Wildman–Crippen MR) is 83.0 cm³/mol. The van der Waals surface area contributed by atoms with Gasteiger partial charge in [-0.2, -0.15) is 0 Å². The van der Waals surface area contributed by atoms with Crippen LogP contribution in [0.15, 0.2) is 61.2 Å². The summed E-state index contributed by atoms with van der Waals surface area (Å²) in [5.41, 5.74) is 5.20. The van der Waals surface area contributed by atoms with Crippen molar-refractivity contribution in [3.63, 3.8) is 0 Å². The van der Waals surface area contributed by atoms with Crippen LogP contribution in [-0.4, -0.2) is 9.78 Å². The van der Waals surface area contributed by atoms with Gasteiger partial charge in [-0.25, -0.2) is 4.57 Å². The van der Waals surface area contributed by atoms with Crippen molar-refractivity contribution in [2.45, 2.75) is 26.9 Å². The molecule has 3 heteroatoms. The number of aromatic nitrogens is 3. The first-order valence-electron chi connectivity index (χ1n) is 7.22. The minimum atomic E-state index is 0.813. The third-order valence-electron chi connectivity index (χ3n) is 3.71. The van der Waals surface area contributed by atoms with Crippen molar-refractivity contribution in [2.24, 2.45) is 0 Å². The summed E-state index contributed by atoms with van der Waals surface area (Å²) in [6.45, 7) is 5.91. The van der Waals surface area contributed by atoms with Crippen LogP contribution >= 0.6 is 0 Å². The summed E-state index contributed by atoms with van der Waals surface area (Å²) in [7, 11) is 0. The first-order valence-corrected chi connectivity index (χ1v) is 7.22. The molecule has 0 saturated heterocycles. The number of rotatable bonds is 4. The Morgan fingerprint density at radius 1 is 1.00 bits per heavy atom. The Morgan fingerprint density at radius 3 is 2.52 bits per heavy atom. The Morgan fingerprint density at radius 2 is 1.76 bits per heavy atom. The maximum atomic E-state index is 4.45. The summed E-state index contributed by atoms with van der Waals surface area (Å²) in [6.07, 6.45) is 3.95. The molecule has 21 heavy (non-hydrogen) atoms. The molecule has 3 nitrogen and oxygen atoms in total. The van der Waals surface area contributed by atoms with E-state index in [-0.39, 0.29) is 0 Å². The number of hydrogen-bond donors (Lipinski definition) is 0. The minimum Gasteiger partial charge on any atom is -0.233 e. The van der Waals surface area contributed by atoms with Gasteiger partial charge >= 0.3 is 0 Å². The Kier molecular flexibility index (Phi) is 3.82. The Labute approximate surface area is 125 Å². The fourth-order valence-corrected chi connectivity index (χ4v) is 2.39. The van der Waals surface area contributed by atoms with Gasteiger partial charge in [-0.15, -0.1) is 4.68 Å². The average Bonchev–Trinajstić information content (AvgIpc) is 2.91. The van der Waals surface area contributed by atoms with Crippen molar-refractivity contribution in [1.82, 2.24) is 9.78 Å². The second kappa shape index (κ2) is 5.92. The fraction of sp³-hybridized carbons (Fsp3) is 0.222. The van der Waals surface area contributed by atoms with E-state index < -0.39 is 0 Å². The Hall–Kier alpha value is -2.42. The maximum Gasteiger partial charge on any atom is 0.265 e. The van der Waals surface area contributed by atoms with Gasteiger partial charge < -0.3 is 0 Å². The molecule has 0 spiro atoms. The second-order valence-corrected chi connectivity index (χ2v) is 5.53. The molecule has 1 aromatic heterocycles. The summed E-state index contributed by atoms with van der Waals surface area (Å²) >= 11 is 0. The lowest BCUT2D eigenvalue weighted by Crippen LogP contribution is -2.31. The minimum absolute atomic E-state index is 0.813. The smallest absolute Gasteiger partial charge is 0.233 e. The van der Waals surface area contributed by atoms with Gasteiger partial charge in [-0.3, -0.25) is 0 Å². The molecule has 106 valence electrons. The molecule has 0 aliphatic carbocycles. The van der Waals surface area contributed by atoms with Crippen molar-refractivity contribution in [2.75, 3.05) is 0 Å². The molecule has 0 atom stereocenters. The molecule has 2 aromatic carbocycles. The SMILES string of the molecule is Cc1ccc(C[n+]2cnn(Cc3ccccc3C)c2)cc1. The highest BCUT2D eigenvalue weighted by Gasteiger charge is 2.08. The van der Waals surface area contributed by atoms with Crippen molar-refractivity contribution in [1.29, 1.82) is 0 Å². The van der Waals surface area contributed by atoms with Crippen LogP contribution in [0.1, 0.15) is 22.3 Å². The molecule has 1 heterocycles. The van der Waals surface area contributed by atoms with Crippen LogP contribution in [0.5, 0.6) is 0 Å². The topological polar surface area (TPSA) is 21.7 Å². The molecule has 0 fully saturated rings. The van der Waals surface area contributed by atoms with Gasteiger partial charge in [0.1, 0.15) is 6.54 Å². The maximum absolute atomic E-state index is 4.45. The van der Waals surface area contributed by atoms with Crippen molar-refractivity contribution in [3.05, 3.63) is 83.4 Å². The van der Waals surface area contributed by atoms with E-state index in [1.165, 1.54) is 22.3 Å². The number of benzene rings is 2. The quantitative estimate of drug-likeness (QED) is 0.673. The van der Waals surface area contributed by atoms with Crippen LogP contribution in [0.25, 0.3) is 0 Å². The van der Waals surface area contributed by atoms with E-state index >= 15 is 0 Å². The molecular formula is C18H20N3+. The van der Waals surface area contributed by atoms with Gasteiger partial charge in [-0.05, 0) is 30.5 Å². The zero-order chi connectivity index (χ0) is 14.7. The molecule has 0 amide bonds. The normalized spacial score (nSPS) is 10.8. The summed E-state index contributed by atoms with van der Waals surface area (Å²) in [5, 5.41) is 4.45. The molecule has 0 unspecified atom stereocenters. The van der Waals surface area contributed by atoms with Crippen molar-refractivity contribution in [3.8, 4) is 0 Å². The highest BCUT2D eigenvalue weighted by molar-refractivity contribution is 5.25. The van der Waals surface area contributed by atoms with Crippen LogP contribution < -0.4 is 4.57 Å². The summed E-state index contributed by atoms with van der Waals surface area (Å²) in [6, 6.07) is 17.1. The highest BCUT2D eigenvalue weighted by atomic mass is 15.3. The van der Waals surface area contributed by atoms with Gasteiger partial charge in [-0.1, -0.05) is 54.1 Å². The number of aryl methyl sites for hydroxylation is 2.